The van der Waals surface area contributed by atoms with Crippen LogP contribution in [-0.2, 0) is 4.79 Å². The van der Waals surface area contributed by atoms with Crippen molar-refractivity contribution in [3.63, 3.8) is 0 Å². The maximum Gasteiger partial charge on any atom is 0.265 e. The second-order valence-corrected chi connectivity index (χ2v) is 4.93. The molecule has 1 atom stereocenters. The second-order valence-electron chi connectivity index (χ2n) is 4.93. The van der Waals surface area contributed by atoms with Gasteiger partial charge in [0.25, 0.3) is 5.91 Å². The SMILES string of the molecule is COc1cc(NC(=O)C(C)Oc2ccc(F)cc2F)cc(OC)c1. The lowest BCUT2D eigenvalue weighted by atomic mass is 10.2. The zero-order chi connectivity index (χ0) is 17.7. The van der Waals surface area contributed by atoms with Crippen molar-refractivity contribution < 1.29 is 27.8 Å². The Kier molecular flexibility index (Phi) is 5.57. The molecule has 5 nitrogen and oxygen atoms in total. The molecule has 2 aromatic carbocycles. The molecular formula is C17H17F2NO4. The van der Waals surface area contributed by atoms with E-state index in [0.29, 0.717) is 23.3 Å². The fourth-order valence-electron chi connectivity index (χ4n) is 1.94. The molecular weight excluding hydrogens is 320 g/mol. The second kappa shape index (κ2) is 7.63. The number of rotatable bonds is 6. The number of ether oxygens (including phenoxy) is 3. The average molecular weight is 337 g/mol. The van der Waals surface area contributed by atoms with Crippen molar-refractivity contribution in [1.29, 1.82) is 0 Å². The zero-order valence-corrected chi connectivity index (χ0v) is 13.4. The van der Waals surface area contributed by atoms with Crippen LogP contribution in [0.2, 0.25) is 0 Å². The van der Waals surface area contributed by atoms with Gasteiger partial charge in [-0.2, -0.15) is 0 Å². The molecule has 1 N–H and O–H groups in total. The molecule has 7 heteroatoms. The highest BCUT2D eigenvalue weighted by molar-refractivity contribution is 5.94. The molecule has 0 saturated carbocycles. The number of benzene rings is 2. The number of carbonyl (C=O) groups excluding carboxylic acids is 1. The molecule has 0 aliphatic rings. The van der Waals surface area contributed by atoms with Crippen molar-refractivity contribution in [2.24, 2.45) is 0 Å². The van der Waals surface area contributed by atoms with E-state index in [2.05, 4.69) is 5.32 Å². The third-order valence-corrected chi connectivity index (χ3v) is 3.19. The van der Waals surface area contributed by atoms with Crippen LogP contribution in [0, 0.1) is 11.6 Å². The summed E-state index contributed by atoms with van der Waals surface area (Å²) in [6.07, 6.45) is -0.998. The van der Waals surface area contributed by atoms with Crippen molar-refractivity contribution >= 4 is 11.6 Å². The molecule has 0 heterocycles. The maximum absolute atomic E-state index is 13.6. The summed E-state index contributed by atoms with van der Waals surface area (Å²) in [4.78, 5) is 12.2. The van der Waals surface area contributed by atoms with Crippen LogP contribution in [0.15, 0.2) is 36.4 Å². The van der Waals surface area contributed by atoms with Gasteiger partial charge in [0.05, 0.1) is 14.2 Å². The fourth-order valence-corrected chi connectivity index (χ4v) is 1.94. The third-order valence-electron chi connectivity index (χ3n) is 3.19. The quantitative estimate of drug-likeness (QED) is 0.878. The van der Waals surface area contributed by atoms with Gasteiger partial charge >= 0.3 is 0 Å². The zero-order valence-electron chi connectivity index (χ0n) is 13.4. The van der Waals surface area contributed by atoms with Crippen LogP contribution in [0.25, 0.3) is 0 Å². The van der Waals surface area contributed by atoms with E-state index in [1.807, 2.05) is 0 Å². The van der Waals surface area contributed by atoms with Crippen molar-refractivity contribution in [1.82, 2.24) is 0 Å². The van der Waals surface area contributed by atoms with Gasteiger partial charge in [0.15, 0.2) is 17.7 Å². The predicted molar refractivity (Wildman–Crippen MR) is 84.6 cm³/mol. The fraction of sp³-hybridized carbons (Fsp3) is 0.235. The standard InChI is InChI=1S/C17H17F2NO4/c1-10(24-16-5-4-11(18)6-15(16)19)17(21)20-12-7-13(22-2)9-14(8-12)23-3/h4-10H,1-3H3,(H,20,21). The van der Waals surface area contributed by atoms with Crippen LogP contribution in [0.4, 0.5) is 14.5 Å². The minimum atomic E-state index is -0.998. The lowest BCUT2D eigenvalue weighted by molar-refractivity contribution is -0.122. The highest BCUT2D eigenvalue weighted by Gasteiger charge is 2.18. The Hall–Kier alpha value is -2.83. The smallest absolute Gasteiger partial charge is 0.265 e. The van der Waals surface area contributed by atoms with Gasteiger partial charge in [-0.05, 0) is 19.1 Å². The first-order valence-electron chi connectivity index (χ1n) is 7.08. The summed E-state index contributed by atoms with van der Waals surface area (Å²) in [6, 6.07) is 7.73. The largest absolute Gasteiger partial charge is 0.497 e. The number of amides is 1. The molecule has 128 valence electrons. The lowest BCUT2D eigenvalue weighted by Crippen LogP contribution is -2.30. The van der Waals surface area contributed by atoms with Gasteiger partial charge in [0.1, 0.15) is 17.3 Å². The predicted octanol–water partition coefficient (Wildman–Crippen LogP) is 3.39. The van der Waals surface area contributed by atoms with E-state index < -0.39 is 23.6 Å². The Bertz CT molecular complexity index is 714. The monoisotopic (exact) mass is 337 g/mol. The molecule has 0 aliphatic carbocycles. The Labute approximate surface area is 138 Å². The molecule has 0 radical (unpaired) electrons. The highest BCUT2D eigenvalue weighted by atomic mass is 19.1. The van der Waals surface area contributed by atoms with Gasteiger partial charge in [0.2, 0.25) is 0 Å². The highest BCUT2D eigenvalue weighted by Crippen LogP contribution is 2.26. The van der Waals surface area contributed by atoms with Crippen LogP contribution >= 0.6 is 0 Å². The molecule has 0 fully saturated rings. The molecule has 2 aromatic rings. The summed E-state index contributed by atoms with van der Waals surface area (Å²) >= 11 is 0. The molecule has 0 aliphatic heterocycles. The number of hydrogen-bond acceptors (Lipinski definition) is 4. The molecule has 1 unspecified atom stereocenters. The van der Waals surface area contributed by atoms with E-state index in [9.17, 15) is 13.6 Å². The molecule has 0 bridgehead atoms. The first kappa shape index (κ1) is 17.5. The van der Waals surface area contributed by atoms with E-state index in [4.69, 9.17) is 14.2 Å². The van der Waals surface area contributed by atoms with Gasteiger partial charge in [0, 0.05) is 30.0 Å². The number of methoxy groups -OCH3 is 2. The van der Waals surface area contributed by atoms with E-state index in [0.717, 1.165) is 12.1 Å². The van der Waals surface area contributed by atoms with Crippen molar-refractivity contribution in [3.05, 3.63) is 48.0 Å². The first-order chi connectivity index (χ1) is 11.4. The Morgan fingerprint density at radius 1 is 1.04 bits per heavy atom. The summed E-state index contributed by atoms with van der Waals surface area (Å²) in [6.45, 7) is 1.45. The van der Waals surface area contributed by atoms with Gasteiger partial charge in [-0.1, -0.05) is 0 Å². The van der Waals surface area contributed by atoms with E-state index >= 15 is 0 Å². The van der Waals surface area contributed by atoms with Gasteiger partial charge in [-0.15, -0.1) is 0 Å². The Balaban J connectivity index is 2.08. The lowest BCUT2D eigenvalue weighted by Gasteiger charge is -2.16. The number of carbonyl (C=O) groups is 1. The third kappa shape index (κ3) is 4.34. The van der Waals surface area contributed by atoms with E-state index in [-0.39, 0.29) is 5.75 Å². The molecule has 24 heavy (non-hydrogen) atoms. The molecule has 0 aromatic heterocycles. The van der Waals surface area contributed by atoms with E-state index in [1.165, 1.54) is 21.1 Å². The molecule has 0 spiro atoms. The minimum absolute atomic E-state index is 0.206. The van der Waals surface area contributed by atoms with Crippen molar-refractivity contribution in [2.75, 3.05) is 19.5 Å². The number of anilines is 1. The van der Waals surface area contributed by atoms with E-state index in [1.54, 1.807) is 18.2 Å². The average Bonchev–Trinajstić information content (AvgIpc) is 2.56. The molecule has 0 saturated heterocycles. The summed E-state index contributed by atoms with van der Waals surface area (Å²) < 4.78 is 41.9. The first-order valence-corrected chi connectivity index (χ1v) is 7.08. The van der Waals surface area contributed by atoms with Crippen molar-refractivity contribution in [3.8, 4) is 17.2 Å². The molecule has 2 rings (SSSR count). The Morgan fingerprint density at radius 2 is 1.67 bits per heavy atom. The van der Waals surface area contributed by atoms with Crippen LogP contribution in [0.5, 0.6) is 17.2 Å². The van der Waals surface area contributed by atoms with Crippen LogP contribution in [-0.4, -0.2) is 26.2 Å². The minimum Gasteiger partial charge on any atom is -0.497 e. The summed E-state index contributed by atoms with van der Waals surface area (Å²) in [5.74, 6) is -1.31. The van der Waals surface area contributed by atoms with Gasteiger partial charge in [-0.3, -0.25) is 4.79 Å². The summed E-state index contributed by atoms with van der Waals surface area (Å²) in [7, 11) is 2.98. The molecule has 1 amide bonds. The summed E-state index contributed by atoms with van der Waals surface area (Å²) in [5, 5.41) is 2.62. The van der Waals surface area contributed by atoms with Gasteiger partial charge < -0.3 is 19.5 Å². The topological polar surface area (TPSA) is 56.8 Å². The van der Waals surface area contributed by atoms with Crippen molar-refractivity contribution in [2.45, 2.75) is 13.0 Å². The Morgan fingerprint density at radius 3 is 2.21 bits per heavy atom. The summed E-state index contributed by atoms with van der Waals surface area (Å²) in [5.41, 5.74) is 0.436. The normalized spacial score (nSPS) is 11.5. The number of hydrogen-bond donors (Lipinski definition) is 1. The van der Waals surface area contributed by atoms with Crippen LogP contribution < -0.4 is 19.5 Å². The van der Waals surface area contributed by atoms with Gasteiger partial charge in [-0.25, -0.2) is 8.78 Å². The van der Waals surface area contributed by atoms with Crippen LogP contribution in [0.3, 0.4) is 0 Å². The maximum atomic E-state index is 13.6. The number of nitrogens with one attached hydrogen (secondary N) is 1. The number of halogens is 2. The van der Waals surface area contributed by atoms with Crippen LogP contribution in [0.1, 0.15) is 6.92 Å².